The van der Waals surface area contributed by atoms with Crippen LogP contribution in [-0.4, -0.2) is 26.2 Å². The zero-order valence-electron chi connectivity index (χ0n) is 13.3. The summed E-state index contributed by atoms with van der Waals surface area (Å²) in [5.41, 5.74) is 0.692. The van der Waals surface area contributed by atoms with Gasteiger partial charge in [-0.3, -0.25) is 4.79 Å². The van der Waals surface area contributed by atoms with Crippen LogP contribution >= 0.6 is 0 Å². The van der Waals surface area contributed by atoms with E-state index in [-0.39, 0.29) is 11.6 Å². The molecule has 1 rings (SSSR count). The molecule has 0 spiro atoms. The average Bonchev–Trinajstić information content (AvgIpc) is 2.54. The number of amides is 1. The third kappa shape index (κ3) is 4.70. The number of hydrogen-bond acceptors (Lipinski definition) is 5. The smallest absolute Gasteiger partial charge is 0.263 e. The number of nitrogens with one attached hydrogen (secondary N) is 2. The van der Waals surface area contributed by atoms with Crippen LogP contribution in [0.3, 0.4) is 0 Å². The first-order valence-electron chi connectivity index (χ1n) is 6.95. The molecule has 1 aromatic rings. The molecule has 1 atom stereocenters. The van der Waals surface area contributed by atoms with E-state index in [9.17, 15) is 4.79 Å². The maximum Gasteiger partial charge on any atom is 0.263 e. The first kappa shape index (κ1) is 17.4. The largest absolute Gasteiger partial charge is 0.493 e. The predicted octanol–water partition coefficient (Wildman–Crippen LogP) is 2.44. The maximum absolute atomic E-state index is 11.9. The summed E-state index contributed by atoms with van der Waals surface area (Å²) < 4.78 is 10.3. The van der Waals surface area contributed by atoms with E-state index in [1.807, 2.05) is 19.9 Å². The van der Waals surface area contributed by atoms with Gasteiger partial charge in [0.25, 0.3) is 5.91 Å². The molecule has 0 aliphatic rings. The number of nitriles is 1. The Hall–Kier alpha value is -2.68. The lowest BCUT2D eigenvalue weighted by Gasteiger charge is -2.11. The highest BCUT2D eigenvalue weighted by atomic mass is 16.5. The first-order chi connectivity index (χ1) is 10.5. The molecule has 0 heterocycles. The second kappa shape index (κ2) is 8.57. The van der Waals surface area contributed by atoms with Crippen molar-refractivity contribution in [2.45, 2.75) is 26.3 Å². The van der Waals surface area contributed by atoms with Gasteiger partial charge >= 0.3 is 0 Å². The summed E-state index contributed by atoms with van der Waals surface area (Å²) in [7, 11) is 3.09. The Morgan fingerprint density at radius 1 is 1.36 bits per heavy atom. The molecule has 6 nitrogen and oxygen atoms in total. The Labute approximate surface area is 130 Å². The topological polar surface area (TPSA) is 83.4 Å². The van der Waals surface area contributed by atoms with Gasteiger partial charge in [0, 0.05) is 24.0 Å². The number of nitrogens with zero attached hydrogens (tertiary/aromatic N) is 1. The molecule has 0 aliphatic heterocycles. The Morgan fingerprint density at radius 3 is 2.59 bits per heavy atom. The molecule has 22 heavy (non-hydrogen) atoms. The number of hydrogen-bond donors (Lipinski definition) is 2. The Bertz CT molecular complexity index is 591. The van der Waals surface area contributed by atoms with Crippen molar-refractivity contribution in [2.24, 2.45) is 0 Å². The Kier molecular flexibility index (Phi) is 6.77. The standard InChI is InChI=1S/C16H21N3O3/c1-5-11(2)19-16(20)12(9-17)10-18-13-6-7-14(21-3)15(8-13)22-4/h6-8,10-11,18H,5H2,1-4H3,(H,19,20)/b12-10-. The van der Waals surface area contributed by atoms with Gasteiger partial charge < -0.3 is 20.1 Å². The van der Waals surface area contributed by atoms with Crippen LogP contribution in [-0.2, 0) is 4.79 Å². The molecule has 0 bridgehead atoms. The van der Waals surface area contributed by atoms with Crippen LogP contribution in [0.4, 0.5) is 5.69 Å². The number of ether oxygens (including phenoxy) is 2. The summed E-state index contributed by atoms with van der Waals surface area (Å²) in [4.78, 5) is 11.9. The van der Waals surface area contributed by atoms with Crippen molar-refractivity contribution in [2.75, 3.05) is 19.5 Å². The van der Waals surface area contributed by atoms with Crippen LogP contribution in [0.25, 0.3) is 0 Å². The highest BCUT2D eigenvalue weighted by molar-refractivity contribution is 5.97. The molecule has 0 aliphatic carbocycles. The average molecular weight is 303 g/mol. The highest BCUT2D eigenvalue weighted by Crippen LogP contribution is 2.29. The molecule has 1 aromatic carbocycles. The lowest BCUT2D eigenvalue weighted by Crippen LogP contribution is -2.33. The Morgan fingerprint density at radius 2 is 2.05 bits per heavy atom. The van der Waals surface area contributed by atoms with Gasteiger partial charge in [-0.15, -0.1) is 0 Å². The first-order valence-corrected chi connectivity index (χ1v) is 6.95. The van der Waals surface area contributed by atoms with Crippen molar-refractivity contribution in [3.05, 3.63) is 30.0 Å². The van der Waals surface area contributed by atoms with E-state index in [2.05, 4.69) is 10.6 Å². The molecule has 0 radical (unpaired) electrons. The summed E-state index contributed by atoms with van der Waals surface area (Å²) in [6.45, 7) is 3.84. The molecule has 6 heteroatoms. The minimum Gasteiger partial charge on any atom is -0.493 e. The summed E-state index contributed by atoms with van der Waals surface area (Å²) in [6, 6.07) is 7.12. The van der Waals surface area contributed by atoms with Gasteiger partial charge in [0.05, 0.1) is 14.2 Å². The molecule has 2 N–H and O–H groups in total. The number of methoxy groups -OCH3 is 2. The van der Waals surface area contributed by atoms with Gasteiger partial charge in [-0.2, -0.15) is 5.26 Å². The van der Waals surface area contributed by atoms with Gasteiger partial charge in [0.2, 0.25) is 0 Å². The molecule has 118 valence electrons. The van der Waals surface area contributed by atoms with Crippen LogP contribution in [0.15, 0.2) is 30.0 Å². The quantitative estimate of drug-likeness (QED) is 0.597. The molecule has 0 saturated heterocycles. The van der Waals surface area contributed by atoms with E-state index >= 15 is 0 Å². The third-order valence-electron chi connectivity index (χ3n) is 3.12. The van der Waals surface area contributed by atoms with E-state index < -0.39 is 5.91 Å². The van der Waals surface area contributed by atoms with Gasteiger partial charge in [-0.25, -0.2) is 0 Å². The van der Waals surface area contributed by atoms with Crippen molar-refractivity contribution in [3.63, 3.8) is 0 Å². The van der Waals surface area contributed by atoms with Crippen molar-refractivity contribution < 1.29 is 14.3 Å². The van der Waals surface area contributed by atoms with Crippen LogP contribution < -0.4 is 20.1 Å². The maximum atomic E-state index is 11.9. The number of carbonyl (C=O) groups is 1. The van der Waals surface area contributed by atoms with Crippen LogP contribution in [0.5, 0.6) is 11.5 Å². The Balaban J connectivity index is 2.84. The van der Waals surface area contributed by atoms with Crippen molar-refractivity contribution in [1.29, 1.82) is 5.26 Å². The lowest BCUT2D eigenvalue weighted by atomic mass is 10.2. The summed E-state index contributed by atoms with van der Waals surface area (Å²) in [6.07, 6.45) is 2.17. The van der Waals surface area contributed by atoms with Crippen LogP contribution in [0, 0.1) is 11.3 Å². The van der Waals surface area contributed by atoms with Gasteiger partial charge in [0.15, 0.2) is 11.5 Å². The molecule has 0 aromatic heterocycles. The monoisotopic (exact) mass is 303 g/mol. The molecule has 0 saturated carbocycles. The summed E-state index contributed by atoms with van der Waals surface area (Å²) in [5, 5.41) is 14.7. The van der Waals surface area contributed by atoms with E-state index in [1.54, 1.807) is 25.3 Å². The molecular weight excluding hydrogens is 282 g/mol. The molecule has 0 fully saturated rings. The second-order valence-corrected chi connectivity index (χ2v) is 4.67. The highest BCUT2D eigenvalue weighted by Gasteiger charge is 2.11. The van der Waals surface area contributed by atoms with E-state index in [4.69, 9.17) is 14.7 Å². The van der Waals surface area contributed by atoms with Crippen molar-refractivity contribution >= 4 is 11.6 Å². The number of rotatable bonds is 7. The van der Waals surface area contributed by atoms with Crippen molar-refractivity contribution in [3.8, 4) is 17.6 Å². The zero-order chi connectivity index (χ0) is 16.5. The van der Waals surface area contributed by atoms with Crippen molar-refractivity contribution in [1.82, 2.24) is 5.32 Å². The molecular formula is C16H21N3O3. The second-order valence-electron chi connectivity index (χ2n) is 4.67. The summed E-state index contributed by atoms with van der Waals surface area (Å²) >= 11 is 0. The SMILES string of the molecule is CCC(C)NC(=O)/C(C#N)=C\Nc1ccc(OC)c(OC)c1. The van der Waals surface area contributed by atoms with Gasteiger partial charge in [0.1, 0.15) is 11.6 Å². The third-order valence-corrected chi connectivity index (χ3v) is 3.12. The normalized spacial score (nSPS) is 12.0. The van der Waals surface area contributed by atoms with Crippen LogP contribution in [0.2, 0.25) is 0 Å². The van der Waals surface area contributed by atoms with Gasteiger partial charge in [-0.1, -0.05) is 6.92 Å². The zero-order valence-corrected chi connectivity index (χ0v) is 13.3. The van der Waals surface area contributed by atoms with Crippen LogP contribution in [0.1, 0.15) is 20.3 Å². The fourth-order valence-corrected chi connectivity index (χ4v) is 1.63. The fourth-order valence-electron chi connectivity index (χ4n) is 1.63. The lowest BCUT2D eigenvalue weighted by molar-refractivity contribution is -0.117. The minimum atomic E-state index is -0.398. The van der Waals surface area contributed by atoms with E-state index in [1.165, 1.54) is 13.3 Å². The number of anilines is 1. The predicted molar refractivity (Wildman–Crippen MR) is 84.8 cm³/mol. The number of carbonyl (C=O) groups excluding carboxylic acids is 1. The molecule has 1 unspecified atom stereocenters. The van der Waals surface area contributed by atoms with E-state index in [0.29, 0.717) is 17.2 Å². The van der Waals surface area contributed by atoms with Gasteiger partial charge in [-0.05, 0) is 25.5 Å². The molecule has 1 amide bonds. The minimum absolute atomic E-state index is 0.00934. The fraction of sp³-hybridized carbons (Fsp3) is 0.375. The summed E-state index contributed by atoms with van der Waals surface area (Å²) in [5.74, 6) is 0.764. The number of benzene rings is 1. The van der Waals surface area contributed by atoms with E-state index in [0.717, 1.165) is 6.42 Å².